The van der Waals surface area contributed by atoms with E-state index in [1.807, 2.05) is 31.2 Å². The molecule has 1 N–H and O–H groups in total. The van der Waals surface area contributed by atoms with Crippen LogP contribution >= 0.6 is 27.5 Å². The quantitative estimate of drug-likeness (QED) is 0.324. The minimum atomic E-state index is -0.296. The van der Waals surface area contributed by atoms with E-state index in [4.69, 9.17) is 16.3 Å². The summed E-state index contributed by atoms with van der Waals surface area (Å²) in [6.45, 7) is 1.73. The van der Waals surface area contributed by atoms with Gasteiger partial charge in [0.1, 0.15) is 11.6 Å². The predicted octanol–water partition coefficient (Wildman–Crippen LogP) is 5.27. The van der Waals surface area contributed by atoms with Gasteiger partial charge >= 0.3 is 0 Å². The van der Waals surface area contributed by atoms with Crippen LogP contribution in [0.3, 0.4) is 0 Å². The molecule has 1 aromatic heterocycles. The van der Waals surface area contributed by atoms with E-state index in [0.717, 1.165) is 4.47 Å². The summed E-state index contributed by atoms with van der Waals surface area (Å²) in [4.78, 5) is 29.6. The zero-order valence-electron chi connectivity index (χ0n) is 18.2. The van der Waals surface area contributed by atoms with Gasteiger partial charge in [0.25, 0.3) is 11.5 Å². The molecule has 0 saturated carbocycles. The van der Waals surface area contributed by atoms with E-state index in [-0.39, 0.29) is 18.1 Å². The fraction of sp³-hybridized carbons (Fsp3) is 0.120. The van der Waals surface area contributed by atoms with Crippen LogP contribution in [-0.4, -0.2) is 28.4 Å². The van der Waals surface area contributed by atoms with Crippen molar-refractivity contribution in [1.82, 2.24) is 9.66 Å². The van der Waals surface area contributed by atoms with E-state index in [9.17, 15) is 9.59 Å². The maximum atomic E-state index is 13.0. The Morgan fingerprint density at radius 2 is 1.97 bits per heavy atom. The van der Waals surface area contributed by atoms with Gasteiger partial charge in [-0.2, -0.15) is 9.78 Å². The van der Waals surface area contributed by atoms with Crippen molar-refractivity contribution in [3.63, 3.8) is 0 Å². The Morgan fingerprint density at radius 3 is 2.71 bits per heavy atom. The highest BCUT2D eigenvalue weighted by Crippen LogP contribution is 2.25. The molecule has 0 unspecified atom stereocenters. The highest BCUT2D eigenvalue weighted by molar-refractivity contribution is 9.10. The van der Waals surface area contributed by atoms with Crippen molar-refractivity contribution in [2.45, 2.75) is 13.3 Å². The van der Waals surface area contributed by atoms with E-state index in [2.05, 4.69) is 31.3 Å². The van der Waals surface area contributed by atoms with Crippen molar-refractivity contribution in [2.75, 3.05) is 11.9 Å². The fourth-order valence-electron chi connectivity index (χ4n) is 3.24. The van der Waals surface area contributed by atoms with E-state index < -0.39 is 0 Å². The number of rotatable bonds is 7. The average molecular weight is 540 g/mol. The number of halogens is 2. The van der Waals surface area contributed by atoms with Gasteiger partial charge in [-0.3, -0.25) is 9.59 Å². The van der Waals surface area contributed by atoms with Crippen molar-refractivity contribution in [2.24, 2.45) is 5.10 Å². The molecule has 34 heavy (non-hydrogen) atoms. The third-order valence-corrected chi connectivity index (χ3v) is 5.67. The number of hydrogen-bond acceptors (Lipinski definition) is 5. The summed E-state index contributed by atoms with van der Waals surface area (Å²) < 4.78 is 7.63. The molecule has 172 valence electrons. The lowest BCUT2D eigenvalue weighted by molar-refractivity contribution is -0.118. The third kappa shape index (κ3) is 5.52. The molecule has 0 spiro atoms. The van der Waals surface area contributed by atoms with Gasteiger partial charge in [-0.05, 0) is 54.1 Å². The number of fused-ring (bicyclic) bond motifs is 1. The second kappa shape index (κ2) is 10.6. The van der Waals surface area contributed by atoms with E-state index in [1.54, 1.807) is 42.5 Å². The first kappa shape index (κ1) is 23.7. The number of aryl methyl sites for hydroxylation is 1. The van der Waals surface area contributed by atoms with Crippen LogP contribution in [0.15, 0.2) is 81.1 Å². The lowest BCUT2D eigenvalue weighted by Crippen LogP contribution is -2.22. The van der Waals surface area contributed by atoms with Crippen LogP contribution in [-0.2, 0) is 11.2 Å². The van der Waals surface area contributed by atoms with Gasteiger partial charge < -0.3 is 10.1 Å². The second-order valence-corrected chi connectivity index (χ2v) is 8.62. The molecule has 0 aliphatic carbocycles. The molecule has 0 atom stereocenters. The minimum absolute atomic E-state index is 0.185. The molecule has 1 amide bonds. The predicted molar refractivity (Wildman–Crippen MR) is 138 cm³/mol. The Hall–Kier alpha value is -3.49. The zero-order chi connectivity index (χ0) is 24.1. The number of amides is 1. The van der Waals surface area contributed by atoms with Crippen LogP contribution < -0.4 is 15.6 Å². The van der Waals surface area contributed by atoms with Crippen LogP contribution in [0.4, 0.5) is 5.69 Å². The van der Waals surface area contributed by atoms with Gasteiger partial charge in [-0.1, -0.05) is 52.7 Å². The molecule has 0 fully saturated rings. The fourth-order valence-corrected chi connectivity index (χ4v) is 3.85. The number of anilines is 1. The number of nitrogens with zero attached hydrogens (tertiary/aromatic N) is 3. The molecule has 0 bridgehead atoms. The normalized spacial score (nSPS) is 11.1. The van der Waals surface area contributed by atoms with Crippen molar-refractivity contribution in [3.05, 3.63) is 98.0 Å². The SMILES string of the molecule is CCc1nc2ccc(Br)cc2c(=O)n1N=Cc1ccc(OCC(=O)Nc2ccccc2)c(Cl)c1. The van der Waals surface area contributed by atoms with Gasteiger partial charge in [0.05, 0.1) is 22.1 Å². The molecular weight excluding hydrogens is 520 g/mol. The van der Waals surface area contributed by atoms with E-state index in [1.165, 1.54) is 10.9 Å². The van der Waals surface area contributed by atoms with Crippen LogP contribution in [0.1, 0.15) is 18.3 Å². The summed E-state index contributed by atoms with van der Waals surface area (Å²) in [5.41, 5.74) is 1.72. The van der Waals surface area contributed by atoms with Crippen molar-refractivity contribution >= 4 is 56.2 Å². The van der Waals surface area contributed by atoms with Gasteiger partial charge in [0.15, 0.2) is 6.61 Å². The largest absolute Gasteiger partial charge is 0.482 e. The molecule has 7 nitrogen and oxygen atoms in total. The minimum Gasteiger partial charge on any atom is -0.482 e. The average Bonchev–Trinajstić information content (AvgIpc) is 2.83. The Kier molecular flexibility index (Phi) is 7.40. The lowest BCUT2D eigenvalue weighted by atomic mass is 10.2. The molecule has 0 aliphatic rings. The summed E-state index contributed by atoms with van der Waals surface area (Å²) >= 11 is 9.72. The van der Waals surface area contributed by atoms with Crippen molar-refractivity contribution in [3.8, 4) is 5.75 Å². The van der Waals surface area contributed by atoms with Crippen molar-refractivity contribution < 1.29 is 9.53 Å². The van der Waals surface area contributed by atoms with Gasteiger partial charge in [0, 0.05) is 16.6 Å². The van der Waals surface area contributed by atoms with E-state index >= 15 is 0 Å². The summed E-state index contributed by atoms with van der Waals surface area (Å²) in [7, 11) is 0. The highest BCUT2D eigenvalue weighted by Gasteiger charge is 2.10. The van der Waals surface area contributed by atoms with Crippen LogP contribution in [0.25, 0.3) is 10.9 Å². The number of nitrogens with one attached hydrogen (secondary N) is 1. The van der Waals surface area contributed by atoms with Gasteiger partial charge in [0.2, 0.25) is 0 Å². The molecule has 1 heterocycles. The topological polar surface area (TPSA) is 85.6 Å². The number of para-hydroxylation sites is 1. The summed E-state index contributed by atoms with van der Waals surface area (Å²) in [6, 6.07) is 19.5. The van der Waals surface area contributed by atoms with Crippen LogP contribution in [0.2, 0.25) is 5.02 Å². The molecule has 3 aromatic carbocycles. The standard InChI is InChI=1S/C25H20BrClN4O3/c1-2-23-30-21-10-9-17(26)13-19(21)25(33)31(23)28-14-16-8-11-22(20(27)12-16)34-15-24(32)29-18-6-4-3-5-7-18/h3-14H,2,15H2,1H3,(H,29,32). The molecular formula is C25H20BrClN4O3. The molecule has 4 aromatic rings. The Morgan fingerprint density at radius 1 is 1.18 bits per heavy atom. The number of ether oxygens (including phenoxy) is 1. The maximum Gasteiger partial charge on any atom is 0.282 e. The van der Waals surface area contributed by atoms with Gasteiger partial charge in [-0.25, -0.2) is 4.98 Å². The Bertz CT molecular complexity index is 1440. The summed E-state index contributed by atoms with van der Waals surface area (Å²) in [5, 5.41) is 7.89. The first-order valence-electron chi connectivity index (χ1n) is 10.5. The highest BCUT2D eigenvalue weighted by atomic mass is 79.9. The number of carbonyl (C=O) groups excluding carboxylic acids is 1. The number of carbonyl (C=O) groups is 1. The number of benzene rings is 3. The summed E-state index contributed by atoms with van der Waals surface area (Å²) in [6.07, 6.45) is 2.07. The summed E-state index contributed by atoms with van der Waals surface area (Å²) in [5.74, 6) is 0.618. The lowest BCUT2D eigenvalue weighted by Gasteiger charge is -2.10. The maximum absolute atomic E-state index is 13.0. The zero-order valence-corrected chi connectivity index (χ0v) is 20.5. The number of aromatic nitrogens is 2. The smallest absolute Gasteiger partial charge is 0.282 e. The molecule has 0 radical (unpaired) electrons. The Balaban J connectivity index is 1.50. The molecule has 4 rings (SSSR count). The molecule has 9 heteroatoms. The van der Waals surface area contributed by atoms with Gasteiger partial charge in [-0.15, -0.1) is 0 Å². The second-order valence-electron chi connectivity index (χ2n) is 7.30. The van der Waals surface area contributed by atoms with Crippen molar-refractivity contribution in [1.29, 1.82) is 0 Å². The Labute approximate surface area is 209 Å². The molecule has 0 saturated heterocycles. The van der Waals surface area contributed by atoms with Crippen LogP contribution in [0.5, 0.6) is 5.75 Å². The molecule has 0 aliphatic heterocycles. The monoisotopic (exact) mass is 538 g/mol. The van der Waals surface area contributed by atoms with Crippen LogP contribution in [0, 0.1) is 0 Å². The van der Waals surface area contributed by atoms with E-state index in [0.29, 0.717) is 45.2 Å². The number of hydrogen-bond donors (Lipinski definition) is 1. The third-order valence-electron chi connectivity index (χ3n) is 4.89. The first-order valence-corrected chi connectivity index (χ1v) is 11.6. The first-order chi connectivity index (χ1) is 16.4.